The summed E-state index contributed by atoms with van der Waals surface area (Å²) in [4.78, 5) is 0. The zero-order valence-electron chi connectivity index (χ0n) is 15.1. The molecule has 20 heavy (non-hydrogen) atoms. The minimum absolute atomic E-state index is 0.704. The molecule has 0 aromatic carbocycles. The van der Waals surface area contributed by atoms with Gasteiger partial charge < -0.3 is 0 Å². The van der Waals surface area contributed by atoms with Gasteiger partial charge in [0.25, 0.3) is 0 Å². The fourth-order valence-corrected chi connectivity index (χ4v) is 3.55. The van der Waals surface area contributed by atoms with E-state index >= 15 is 0 Å². The Labute approximate surface area is 130 Å². The Morgan fingerprint density at radius 2 is 0.700 bits per heavy atom. The van der Waals surface area contributed by atoms with E-state index in [0.717, 1.165) is 0 Å². The van der Waals surface area contributed by atoms with Crippen molar-refractivity contribution in [2.45, 2.75) is 124 Å². The van der Waals surface area contributed by atoms with Gasteiger partial charge in [0.1, 0.15) is 0 Å². The molecule has 0 spiro atoms. The molecule has 0 saturated carbocycles. The zero-order valence-corrected chi connectivity index (χ0v) is 15.1. The molecule has 0 aliphatic rings. The van der Waals surface area contributed by atoms with Crippen LogP contribution in [0.5, 0.6) is 0 Å². The Morgan fingerprint density at radius 1 is 0.400 bits per heavy atom. The van der Waals surface area contributed by atoms with Crippen LogP contribution in [-0.4, -0.2) is 0 Å². The number of hydrogen-bond donors (Lipinski definition) is 0. The molecule has 0 heterocycles. The van der Waals surface area contributed by atoms with Gasteiger partial charge in [-0.25, -0.2) is 0 Å². The zero-order chi connectivity index (χ0) is 15.1. The van der Waals surface area contributed by atoms with Crippen LogP contribution in [0, 0.1) is 5.41 Å². The molecular weight excluding hydrogens is 240 g/mol. The van der Waals surface area contributed by atoms with Crippen molar-refractivity contribution in [2.75, 3.05) is 0 Å². The molecule has 0 bridgehead atoms. The summed E-state index contributed by atoms with van der Waals surface area (Å²) in [6.45, 7) is 9.36. The maximum Gasteiger partial charge on any atom is -0.0297 e. The van der Waals surface area contributed by atoms with Gasteiger partial charge in [0.2, 0.25) is 0 Å². The quantitative estimate of drug-likeness (QED) is 0.268. The van der Waals surface area contributed by atoms with Crippen LogP contribution in [-0.2, 0) is 0 Å². The normalized spacial score (nSPS) is 12.0. The van der Waals surface area contributed by atoms with Gasteiger partial charge in [0.05, 0.1) is 0 Å². The third kappa shape index (κ3) is 9.83. The van der Waals surface area contributed by atoms with Crippen molar-refractivity contribution in [3.8, 4) is 0 Å². The van der Waals surface area contributed by atoms with Crippen LogP contribution >= 0.6 is 0 Å². The predicted molar refractivity (Wildman–Crippen MR) is 94.4 cm³/mol. The van der Waals surface area contributed by atoms with Gasteiger partial charge in [-0.15, -0.1) is 0 Å². The molecule has 0 heteroatoms. The van der Waals surface area contributed by atoms with Crippen molar-refractivity contribution in [2.24, 2.45) is 5.41 Å². The Balaban J connectivity index is 4.48. The summed E-state index contributed by atoms with van der Waals surface area (Å²) in [6.07, 6.45) is 21.7. The molecule has 0 atom stereocenters. The summed E-state index contributed by atoms with van der Waals surface area (Å²) in [6, 6.07) is 0. The van der Waals surface area contributed by atoms with Crippen LogP contribution in [0.2, 0.25) is 0 Å². The van der Waals surface area contributed by atoms with Crippen molar-refractivity contribution < 1.29 is 0 Å². The molecule has 0 aliphatic carbocycles. The fraction of sp³-hybridized carbons (Fsp3) is 1.00. The molecule has 0 radical (unpaired) electrons. The molecule has 0 fully saturated rings. The first-order valence-electron chi connectivity index (χ1n) is 9.74. The average Bonchev–Trinajstić information content (AvgIpc) is 2.46. The van der Waals surface area contributed by atoms with Gasteiger partial charge in [-0.3, -0.25) is 0 Å². The maximum atomic E-state index is 2.36. The second kappa shape index (κ2) is 14.0. The third-order valence-corrected chi connectivity index (χ3v) is 4.99. The van der Waals surface area contributed by atoms with E-state index in [9.17, 15) is 0 Å². The minimum atomic E-state index is 0.704. The van der Waals surface area contributed by atoms with Crippen LogP contribution in [0.1, 0.15) is 124 Å². The highest BCUT2D eigenvalue weighted by Gasteiger charge is 2.27. The van der Waals surface area contributed by atoms with Crippen LogP contribution < -0.4 is 0 Å². The van der Waals surface area contributed by atoms with E-state index in [-0.39, 0.29) is 0 Å². The molecule has 0 unspecified atom stereocenters. The molecule has 0 amide bonds. The second-order valence-corrected chi connectivity index (χ2v) is 6.97. The lowest BCUT2D eigenvalue weighted by Gasteiger charge is -2.35. The van der Waals surface area contributed by atoms with E-state index in [0.29, 0.717) is 5.41 Å². The van der Waals surface area contributed by atoms with Crippen molar-refractivity contribution in [3.05, 3.63) is 0 Å². The summed E-state index contributed by atoms with van der Waals surface area (Å²) in [5.41, 5.74) is 0.704. The van der Waals surface area contributed by atoms with Crippen molar-refractivity contribution in [3.63, 3.8) is 0 Å². The number of unbranched alkanes of at least 4 members (excludes halogenated alkanes) is 7. The van der Waals surface area contributed by atoms with E-state index in [1.165, 1.54) is 96.3 Å². The molecule has 0 N–H and O–H groups in total. The highest BCUT2D eigenvalue weighted by atomic mass is 14.3. The monoisotopic (exact) mass is 282 g/mol. The summed E-state index contributed by atoms with van der Waals surface area (Å²) >= 11 is 0. The smallest absolute Gasteiger partial charge is 0.0297 e. The van der Waals surface area contributed by atoms with Gasteiger partial charge >= 0.3 is 0 Å². The molecule has 0 nitrogen and oxygen atoms in total. The molecule has 0 rings (SSSR count). The average molecular weight is 283 g/mol. The van der Waals surface area contributed by atoms with E-state index in [2.05, 4.69) is 27.7 Å². The lowest BCUT2D eigenvalue weighted by molar-refractivity contribution is 0.174. The highest BCUT2D eigenvalue weighted by Crippen LogP contribution is 2.41. The first-order valence-corrected chi connectivity index (χ1v) is 9.74. The topological polar surface area (TPSA) is 0 Å². The summed E-state index contributed by atoms with van der Waals surface area (Å²) in [7, 11) is 0. The van der Waals surface area contributed by atoms with Gasteiger partial charge in [0.15, 0.2) is 0 Å². The number of hydrogen-bond acceptors (Lipinski definition) is 0. The first kappa shape index (κ1) is 20.0. The van der Waals surface area contributed by atoms with Crippen molar-refractivity contribution in [1.82, 2.24) is 0 Å². The van der Waals surface area contributed by atoms with Crippen LogP contribution in [0.4, 0.5) is 0 Å². The maximum absolute atomic E-state index is 2.36. The lowest BCUT2D eigenvalue weighted by atomic mass is 9.71. The lowest BCUT2D eigenvalue weighted by Crippen LogP contribution is -2.21. The Kier molecular flexibility index (Phi) is 14.0. The highest BCUT2D eigenvalue weighted by molar-refractivity contribution is 4.79. The molecule has 0 saturated heterocycles. The minimum Gasteiger partial charge on any atom is -0.0654 e. The SMILES string of the molecule is CCCCCC(CCCC)(CCCCC)CCCCC. The molecular formula is C20H42. The van der Waals surface area contributed by atoms with Crippen molar-refractivity contribution in [1.29, 1.82) is 0 Å². The van der Waals surface area contributed by atoms with E-state index < -0.39 is 0 Å². The molecule has 0 aliphatic heterocycles. The standard InChI is InChI=1S/C20H42/c1-5-9-13-17-20(16-12-8-4,18-14-10-6-2)19-15-11-7-3/h5-19H2,1-4H3. The molecule has 0 aromatic rings. The largest absolute Gasteiger partial charge is 0.0654 e. The summed E-state index contributed by atoms with van der Waals surface area (Å²) < 4.78 is 0. The second-order valence-electron chi connectivity index (χ2n) is 6.97. The van der Waals surface area contributed by atoms with Crippen LogP contribution in [0.15, 0.2) is 0 Å². The van der Waals surface area contributed by atoms with Crippen molar-refractivity contribution >= 4 is 0 Å². The Bertz CT molecular complexity index is 156. The fourth-order valence-electron chi connectivity index (χ4n) is 3.55. The predicted octanol–water partition coefficient (Wildman–Crippen LogP) is 7.90. The van der Waals surface area contributed by atoms with Crippen LogP contribution in [0.25, 0.3) is 0 Å². The Hall–Kier alpha value is 0. The Morgan fingerprint density at radius 3 is 1.00 bits per heavy atom. The molecule has 122 valence electrons. The van der Waals surface area contributed by atoms with E-state index in [1.54, 1.807) is 0 Å². The summed E-state index contributed by atoms with van der Waals surface area (Å²) in [5.74, 6) is 0. The van der Waals surface area contributed by atoms with Crippen LogP contribution in [0.3, 0.4) is 0 Å². The third-order valence-electron chi connectivity index (χ3n) is 4.99. The van der Waals surface area contributed by atoms with Gasteiger partial charge in [0, 0.05) is 0 Å². The summed E-state index contributed by atoms with van der Waals surface area (Å²) in [5, 5.41) is 0. The van der Waals surface area contributed by atoms with E-state index in [4.69, 9.17) is 0 Å². The first-order chi connectivity index (χ1) is 9.74. The van der Waals surface area contributed by atoms with Gasteiger partial charge in [-0.1, -0.05) is 98.3 Å². The molecule has 0 aromatic heterocycles. The van der Waals surface area contributed by atoms with Gasteiger partial charge in [-0.2, -0.15) is 0 Å². The van der Waals surface area contributed by atoms with E-state index in [1.807, 2.05) is 0 Å². The van der Waals surface area contributed by atoms with Gasteiger partial charge in [-0.05, 0) is 31.1 Å². The number of rotatable bonds is 15.